The van der Waals surface area contributed by atoms with Crippen LogP contribution in [0.2, 0.25) is 0 Å². The summed E-state index contributed by atoms with van der Waals surface area (Å²) >= 11 is 0. The summed E-state index contributed by atoms with van der Waals surface area (Å²) < 4.78 is 12.9. The molecule has 0 aliphatic rings. The van der Waals surface area contributed by atoms with E-state index in [2.05, 4.69) is 5.16 Å². The van der Waals surface area contributed by atoms with Crippen molar-refractivity contribution in [2.45, 2.75) is 13.3 Å². The predicted molar refractivity (Wildman–Crippen MR) is 71.3 cm³/mol. The van der Waals surface area contributed by atoms with Crippen molar-refractivity contribution in [1.29, 1.82) is 0 Å². The molecule has 19 heavy (non-hydrogen) atoms. The minimum absolute atomic E-state index is 0.0384. The van der Waals surface area contributed by atoms with Gasteiger partial charge in [0, 0.05) is 11.1 Å². The minimum atomic E-state index is -0.369. The molecule has 0 atom stereocenters. The average Bonchev–Trinajstić information content (AvgIpc) is 2.43. The molecule has 0 heterocycles. The molecule has 2 rings (SSSR count). The number of halogens is 1. The first-order valence-electron chi connectivity index (χ1n) is 5.96. The Hall–Kier alpha value is -2.36. The molecule has 0 fully saturated rings. The van der Waals surface area contributed by atoms with Crippen LogP contribution in [0.3, 0.4) is 0 Å². The number of benzene rings is 2. The van der Waals surface area contributed by atoms with E-state index in [-0.39, 0.29) is 17.3 Å². The van der Waals surface area contributed by atoms with E-state index in [0.717, 1.165) is 12.0 Å². The van der Waals surface area contributed by atoms with Crippen LogP contribution in [0.15, 0.2) is 47.6 Å². The second kappa shape index (κ2) is 5.52. The lowest BCUT2D eigenvalue weighted by atomic mass is 9.99. The van der Waals surface area contributed by atoms with Crippen LogP contribution >= 0.6 is 0 Å². The first-order valence-corrected chi connectivity index (χ1v) is 5.96. The zero-order valence-electron chi connectivity index (χ0n) is 10.5. The van der Waals surface area contributed by atoms with Gasteiger partial charge in [0.25, 0.3) is 0 Å². The van der Waals surface area contributed by atoms with Crippen LogP contribution in [0.1, 0.15) is 23.6 Å². The molecule has 0 aromatic heterocycles. The first-order chi connectivity index (χ1) is 9.15. The predicted octanol–water partition coefficient (Wildman–Crippen LogP) is 3.32. The number of phenolic OH excluding ortho intramolecular Hbond substituents is 1. The van der Waals surface area contributed by atoms with Crippen molar-refractivity contribution in [3.8, 4) is 5.75 Å². The molecule has 0 amide bonds. The summed E-state index contributed by atoms with van der Waals surface area (Å²) in [4.78, 5) is 0. The zero-order chi connectivity index (χ0) is 13.8. The molecule has 0 saturated heterocycles. The third kappa shape index (κ3) is 2.73. The third-order valence-corrected chi connectivity index (χ3v) is 2.94. The Kier molecular flexibility index (Phi) is 3.80. The average molecular weight is 259 g/mol. The molecule has 98 valence electrons. The SMILES string of the molecule is CCc1ccc(/C(=N\O)c2ccc(F)cc2)c(O)c1. The van der Waals surface area contributed by atoms with Crippen LogP contribution < -0.4 is 0 Å². The third-order valence-electron chi connectivity index (χ3n) is 2.94. The Morgan fingerprint density at radius 1 is 1.16 bits per heavy atom. The summed E-state index contributed by atoms with van der Waals surface area (Å²) in [6.45, 7) is 1.98. The number of hydrogen-bond acceptors (Lipinski definition) is 3. The lowest BCUT2D eigenvalue weighted by Crippen LogP contribution is -2.04. The van der Waals surface area contributed by atoms with E-state index in [9.17, 15) is 9.50 Å². The topological polar surface area (TPSA) is 52.8 Å². The van der Waals surface area contributed by atoms with Gasteiger partial charge in [0.05, 0.1) is 0 Å². The molecule has 0 spiro atoms. The van der Waals surface area contributed by atoms with Gasteiger partial charge in [-0.15, -0.1) is 0 Å². The van der Waals surface area contributed by atoms with Crippen molar-refractivity contribution < 1.29 is 14.7 Å². The summed E-state index contributed by atoms with van der Waals surface area (Å²) in [5, 5.41) is 22.3. The highest BCUT2D eigenvalue weighted by molar-refractivity contribution is 6.14. The van der Waals surface area contributed by atoms with Crippen LogP contribution in [-0.4, -0.2) is 16.0 Å². The number of hydrogen-bond donors (Lipinski definition) is 2. The second-order valence-electron chi connectivity index (χ2n) is 4.16. The molecule has 0 aliphatic heterocycles. The number of oxime groups is 1. The fraction of sp³-hybridized carbons (Fsp3) is 0.133. The summed E-state index contributed by atoms with van der Waals surface area (Å²) in [6, 6.07) is 10.7. The molecule has 0 radical (unpaired) electrons. The van der Waals surface area contributed by atoms with E-state index < -0.39 is 0 Å². The molecule has 0 aliphatic carbocycles. The molecule has 2 N–H and O–H groups in total. The van der Waals surface area contributed by atoms with Gasteiger partial charge in [-0.05, 0) is 48.4 Å². The second-order valence-corrected chi connectivity index (χ2v) is 4.16. The number of phenols is 1. The smallest absolute Gasteiger partial charge is 0.125 e. The summed E-state index contributed by atoms with van der Waals surface area (Å²) in [5.41, 5.74) is 2.13. The van der Waals surface area contributed by atoms with Crippen molar-refractivity contribution in [2.75, 3.05) is 0 Å². The van der Waals surface area contributed by atoms with E-state index in [1.807, 2.05) is 13.0 Å². The molecule has 2 aromatic carbocycles. The van der Waals surface area contributed by atoms with Gasteiger partial charge < -0.3 is 10.3 Å². The normalized spacial score (nSPS) is 11.6. The number of rotatable bonds is 3. The van der Waals surface area contributed by atoms with Crippen molar-refractivity contribution in [3.05, 3.63) is 65.0 Å². The molecule has 0 bridgehead atoms. The molecule has 0 saturated carbocycles. The van der Waals surface area contributed by atoms with Gasteiger partial charge >= 0.3 is 0 Å². The highest BCUT2D eigenvalue weighted by atomic mass is 19.1. The Morgan fingerprint density at radius 3 is 2.37 bits per heavy atom. The van der Waals surface area contributed by atoms with Crippen molar-refractivity contribution in [2.24, 2.45) is 5.16 Å². The maximum atomic E-state index is 12.9. The van der Waals surface area contributed by atoms with Crippen molar-refractivity contribution >= 4 is 5.71 Å². The van der Waals surface area contributed by atoms with E-state index in [1.54, 1.807) is 12.1 Å². The van der Waals surface area contributed by atoms with Crippen molar-refractivity contribution in [3.63, 3.8) is 0 Å². The summed E-state index contributed by atoms with van der Waals surface area (Å²) in [7, 11) is 0. The van der Waals surface area contributed by atoms with Crippen LogP contribution in [0.4, 0.5) is 4.39 Å². The van der Waals surface area contributed by atoms with Crippen LogP contribution in [-0.2, 0) is 6.42 Å². The number of nitrogens with zero attached hydrogens (tertiary/aromatic N) is 1. The first kappa shape index (κ1) is 13.1. The Balaban J connectivity index is 2.46. The van der Waals surface area contributed by atoms with Gasteiger partial charge in [0.1, 0.15) is 17.3 Å². The maximum Gasteiger partial charge on any atom is 0.125 e. The van der Waals surface area contributed by atoms with E-state index in [4.69, 9.17) is 5.21 Å². The fourth-order valence-corrected chi connectivity index (χ4v) is 1.87. The largest absolute Gasteiger partial charge is 0.507 e. The Labute approximate surface area is 110 Å². The maximum absolute atomic E-state index is 12.9. The van der Waals surface area contributed by atoms with E-state index >= 15 is 0 Å². The van der Waals surface area contributed by atoms with Gasteiger partial charge in [-0.1, -0.05) is 18.1 Å². The molecule has 2 aromatic rings. The summed E-state index contributed by atoms with van der Waals surface area (Å²) in [5.74, 6) is -0.330. The minimum Gasteiger partial charge on any atom is -0.507 e. The van der Waals surface area contributed by atoms with Gasteiger partial charge in [-0.2, -0.15) is 0 Å². The fourth-order valence-electron chi connectivity index (χ4n) is 1.87. The zero-order valence-corrected chi connectivity index (χ0v) is 10.5. The standard InChI is InChI=1S/C15H14FNO2/c1-2-10-3-8-13(14(18)9-10)15(17-19)11-4-6-12(16)7-5-11/h3-9,18-19H,2H2,1H3/b17-15-. The molecular formula is C15H14FNO2. The molecule has 0 unspecified atom stereocenters. The summed E-state index contributed by atoms with van der Waals surface area (Å²) in [6.07, 6.45) is 0.802. The van der Waals surface area contributed by atoms with E-state index in [1.165, 1.54) is 24.3 Å². The van der Waals surface area contributed by atoms with Crippen LogP contribution in [0, 0.1) is 5.82 Å². The van der Waals surface area contributed by atoms with Gasteiger partial charge in [0.2, 0.25) is 0 Å². The van der Waals surface area contributed by atoms with Crippen LogP contribution in [0.25, 0.3) is 0 Å². The van der Waals surface area contributed by atoms with E-state index in [0.29, 0.717) is 11.1 Å². The molecule has 3 nitrogen and oxygen atoms in total. The lowest BCUT2D eigenvalue weighted by Gasteiger charge is -2.08. The van der Waals surface area contributed by atoms with Gasteiger partial charge in [-0.25, -0.2) is 4.39 Å². The molecule has 4 heteroatoms. The van der Waals surface area contributed by atoms with Gasteiger partial charge in [-0.3, -0.25) is 0 Å². The Bertz CT molecular complexity index is 606. The molecular weight excluding hydrogens is 245 g/mol. The van der Waals surface area contributed by atoms with Crippen molar-refractivity contribution in [1.82, 2.24) is 0 Å². The quantitative estimate of drug-likeness (QED) is 0.504. The van der Waals surface area contributed by atoms with Crippen LogP contribution in [0.5, 0.6) is 5.75 Å². The number of aromatic hydroxyl groups is 1. The Morgan fingerprint density at radius 2 is 1.84 bits per heavy atom. The van der Waals surface area contributed by atoms with Gasteiger partial charge in [0.15, 0.2) is 0 Å². The number of aryl methyl sites for hydroxylation is 1. The lowest BCUT2D eigenvalue weighted by molar-refractivity contribution is 0.319. The highest BCUT2D eigenvalue weighted by Crippen LogP contribution is 2.23. The monoisotopic (exact) mass is 259 g/mol. The highest BCUT2D eigenvalue weighted by Gasteiger charge is 2.12.